The number of rotatable bonds is 4. The lowest BCUT2D eigenvalue weighted by atomic mass is 10.1. The lowest BCUT2D eigenvalue weighted by Gasteiger charge is -2.27. The van der Waals surface area contributed by atoms with Crippen molar-refractivity contribution < 1.29 is 9.53 Å². The van der Waals surface area contributed by atoms with E-state index in [1.165, 1.54) is 4.68 Å². The van der Waals surface area contributed by atoms with E-state index in [0.717, 1.165) is 0 Å². The fraction of sp³-hybridized carbons (Fsp3) is 0.200. The number of hydrogen-bond donors (Lipinski definition) is 2. The Hall–Kier alpha value is -3.23. The van der Waals surface area contributed by atoms with Crippen molar-refractivity contribution >= 4 is 28.9 Å². The molecule has 3 aromatic rings. The molecule has 0 spiro atoms. The third-order valence-electron chi connectivity index (χ3n) is 4.73. The SMILES string of the molecule is N=C(c1cn(-c2ccc(C(=O)N3CCOCC3)c(Cl)c2)nn1)c1ccccc1N. The number of para-hydroxylation sites is 1. The van der Waals surface area contributed by atoms with Crippen molar-refractivity contribution in [3.05, 3.63) is 70.5 Å². The largest absolute Gasteiger partial charge is 0.398 e. The van der Waals surface area contributed by atoms with Gasteiger partial charge in [-0.25, -0.2) is 4.68 Å². The Morgan fingerprint density at radius 1 is 1.14 bits per heavy atom. The van der Waals surface area contributed by atoms with Crippen LogP contribution in [0.4, 0.5) is 5.69 Å². The Morgan fingerprint density at radius 2 is 1.90 bits per heavy atom. The van der Waals surface area contributed by atoms with Crippen LogP contribution in [0.1, 0.15) is 21.6 Å². The number of nitrogens with one attached hydrogen (secondary N) is 1. The molecule has 8 nitrogen and oxygen atoms in total. The van der Waals surface area contributed by atoms with Crippen LogP contribution < -0.4 is 5.73 Å². The summed E-state index contributed by atoms with van der Waals surface area (Å²) in [5.41, 5.74) is 8.67. The molecule has 1 fully saturated rings. The second kappa shape index (κ2) is 8.02. The summed E-state index contributed by atoms with van der Waals surface area (Å²) in [5.74, 6) is -0.120. The first-order chi connectivity index (χ1) is 14.0. The van der Waals surface area contributed by atoms with Crippen molar-refractivity contribution in [1.82, 2.24) is 19.9 Å². The zero-order chi connectivity index (χ0) is 20.4. The van der Waals surface area contributed by atoms with E-state index in [2.05, 4.69) is 10.3 Å². The second-order valence-electron chi connectivity index (χ2n) is 6.58. The van der Waals surface area contributed by atoms with Crippen LogP contribution in [-0.2, 0) is 4.74 Å². The summed E-state index contributed by atoms with van der Waals surface area (Å²) in [4.78, 5) is 14.4. The van der Waals surface area contributed by atoms with Gasteiger partial charge in [0.1, 0.15) is 5.69 Å². The number of carbonyl (C=O) groups excluding carboxylic acids is 1. The number of nitrogen functional groups attached to an aromatic ring is 1. The Balaban J connectivity index is 1.57. The minimum atomic E-state index is -0.120. The number of carbonyl (C=O) groups is 1. The van der Waals surface area contributed by atoms with Gasteiger partial charge >= 0.3 is 0 Å². The van der Waals surface area contributed by atoms with Gasteiger partial charge < -0.3 is 15.4 Å². The number of amides is 1. The van der Waals surface area contributed by atoms with Gasteiger partial charge in [0, 0.05) is 24.3 Å². The second-order valence-corrected chi connectivity index (χ2v) is 6.99. The predicted octanol–water partition coefficient (Wildman–Crippen LogP) is 2.39. The molecule has 29 heavy (non-hydrogen) atoms. The molecule has 1 aliphatic rings. The van der Waals surface area contributed by atoms with Crippen molar-refractivity contribution in [2.45, 2.75) is 0 Å². The van der Waals surface area contributed by atoms with Gasteiger partial charge in [-0.15, -0.1) is 5.10 Å². The molecule has 0 unspecified atom stereocenters. The molecule has 0 radical (unpaired) electrons. The van der Waals surface area contributed by atoms with Gasteiger partial charge in [-0.2, -0.15) is 0 Å². The lowest BCUT2D eigenvalue weighted by molar-refractivity contribution is 0.0303. The molecule has 4 rings (SSSR count). The molecule has 0 bridgehead atoms. The summed E-state index contributed by atoms with van der Waals surface area (Å²) >= 11 is 6.38. The highest BCUT2D eigenvalue weighted by Crippen LogP contribution is 2.23. The molecule has 1 aliphatic heterocycles. The number of aromatic nitrogens is 3. The molecular weight excluding hydrogens is 392 g/mol. The zero-order valence-corrected chi connectivity index (χ0v) is 16.3. The van der Waals surface area contributed by atoms with Crippen LogP contribution in [0, 0.1) is 5.41 Å². The van der Waals surface area contributed by atoms with Crippen molar-refractivity contribution in [3.8, 4) is 5.69 Å². The fourth-order valence-corrected chi connectivity index (χ4v) is 3.38. The van der Waals surface area contributed by atoms with E-state index in [4.69, 9.17) is 27.5 Å². The van der Waals surface area contributed by atoms with Gasteiger partial charge in [0.15, 0.2) is 0 Å². The van der Waals surface area contributed by atoms with Gasteiger partial charge in [0.05, 0.1) is 41.4 Å². The quantitative estimate of drug-likeness (QED) is 0.507. The van der Waals surface area contributed by atoms with Crippen LogP contribution in [0.2, 0.25) is 5.02 Å². The molecule has 1 aromatic heterocycles. The number of halogens is 1. The highest BCUT2D eigenvalue weighted by molar-refractivity contribution is 6.34. The van der Waals surface area contributed by atoms with Crippen LogP contribution in [0.25, 0.3) is 5.69 Å². The van der Waals surface area contributed by atoms with Crippen LogP contribution in [-0.4, -0.2) is 57.8 Å². The zero-order valence-electron chi connectivity index (χ0n) is 15.5. The molecule has 2 aromatic carbocycles. The van der Waals surface area contributed by atoms with E-state index in [1.54, 1.807) is 41.4 Å². The normalized spacial score (nSPS) is 14.0. The standard InChI is InChI=1S/C20H19ClN6O2/c21-16-11-13(5-6-14(16)20(28)26-7-9-29-10-8-26)27-12-18(24-25-27)19(23)15-3-1-2-4-17(15)22/h1-6,11-12,23H,7-10,22H2. The van der Waals surface area contributed by atoms with E-state index >= 15 is 0 Å². The van der Waals surface area contributed by atoms with Crippen LogP contribution >= 0.6 is 11.6 Å². The molecule has 2 heterocycles. The van der Waals surface area contributed by atoms with Crippen molar-refractivity contribution in [3.63, 3.8) is 0 Å². The number of ether oxygens (including phenoxy) is 1. The van der Waals surface area contributed by atoms with Crippen LogP contribution in [0.3, 0.4) is 0 Å². The summed E-state index contributed by atoms with van der Waals surface area (Å²) in [7, 11) is 0. The Morgan fingerprint density at radius 3 is 2.62 bits per heavy atom. The summed E-state index contributed by atoms with van der Waals surface area (Å²) in [6.45, 7) is 2.16. The molecule has 0 aliphatic carbocycles. The molecule has 3 N–H and O–H groups in total. The molecule has 0 atom stereocenters. The van der Waals surface area contributed by atoms with Gasteiger partial charge in [-0.1, -0.05) is 35.0 Å². The molecular formula is C20H19ClN6O2. The van der Waals surface area contributed by atoms with Gasteiger partial charge in [-0.05, 0) is 24.3 Å². The average Bonchev–Trinajstić information content (AvgIpc) is 3.24. The van der Waals surface area contributed by atoms with Gasteiger partial charge in [-0.3, -0.25) is 10.2 Å². The van der Waals surface area contributed by atoms with E-state index in [-0.39, 0.29) is 11.6 Å². The number of nitrogens with zero attached hydrogens (tertiary/aromatic N) is 4. The Bertz CT molecular complexity index is 1070. The number of anilines is 1. The smallest absolute Gasteiger partial charge is 0.255 e. The molecule has 9 heteroatoms. The first-order valence-electron chi connectivity index (χ1n) is 9.07. The van der Waals surface area contributed by atoms with E-state index < -0.39 is 0 Å². The monoisotopic (exact) mass is 410 g/mol. The average molecular weight is 411 g/mol. The fourth-order valence-electron chi connectivity index (χ4n) is 3.12. The minimum Gasteiger partial charge on any atom is -0.398 e. The summed E-state index contributed by atoms with van der Waals surface area (Å²) < 4.78 is 6.80. The molecule has 1 amide bonds. The molecule has 148 valence electrons. The van der Waals surface area contributed by atoms with Crippen molar-refractivity contribution in [2.24, 2.45) is 0 Å². The van der Waals surface area contributed by atoms with Crippen molar-refractivity contribution in [1.29, 1.82) is 5.41 Å². The van der Waals surface area contributed by atoms with E-state index in [1.807, 2.05) is 12.1 Å². The maximum atomic E-state index is 12.7. The van der Waals surface area contributed by atoms with Crippen LogP contribution in [0.15, 0.2) is 48.7 Å². The number of benzene rings is 2. The molecule has 1 saturated heterocycles. The summed E-state index contributed by atoms with van der Waals surface area (Å²) in [6.07, 6.45) is 1.63. The third kappa shape index (κ3) is 3.85. The summed E-state index contributed by atoms with van der Waals surface area (Å²) in [5, 5.41) is 16.8. The highest BCUT2D eigenvalue weighted by Gasteiger charge is 2.21. The Kier molecular flexibility index (Phi) is 5.28. The maximum absolute atomic E-state index is 12.7. The first-order valence-corrected chi connectivity index (χ1v) is 9.45. The van der Waals surface area contributed by atoms with Crippen molar-refractivity contribution in [2.75, 3.05) is 32.0 Å². The predicted molar refractivity (Wildman–Crippen MR) is 110 cm³/mol. The number of morpholine rings is 1. The Labute approximate surface area is 172 Å². The highest BCUT2D eigenvalue weighted by atomic mass is 35.5. The van der Waals surface area contributed by atoms with Gasteiger partial charge in [0.2, 0.25) is 0 Å². The third-order valence-corrected chi connectivity index (χ3v) is 5.04. The number of nitrogens with two attached hydrogens (primary N) is 1. The first kappa shape index (κ1) is 19.1. The van der Waals surface area contributed by atoms with Gasteiger partial charge in [0.25, 0.3) is 5.91 Å². The summed E-state index contributed by atoms with van der Waals surface area (Å²) in [6, 6.07) is 12.2. The topological polar surface area (TPSA) is 110 Å². The lowest BCUT2D eigenvalue weighted by Crippen LogP contribution is -2.40. The minimum absolute atomic E-state index is 0.120. The van der Waals surface area contributed by atoms with Crippen LogP contribution in [0.5, 0.6) is 0 Å². The van der Waals surface area contributed by atoms with E-state index in [0.29, 0.717) is 59.5 Å². The number of hydrogen-bond acceptors (Lipinski definition) is 6. The molecule has 0 saturated carbocycles. The maximum Gasteiger partial charge on any atom is 0.255 e. The van der Waals surface area contributed by atoms with E-state index in [9.17, 15) is 4.79 Å².